The molecule has 0 N–H and O–H groups in total. The van der Waals surface area contributed by atoms with E-state index >= 15 is 0 Å². The molecule has 0 fully saturated rings. The fourth-order valence-corrected chi connectivity index (χ4v) is 2.20. The zero-order valence-corrected chi connectivity index (χ0v) is 14.4. The minimum atomic E-state index is -1.60. The van der Waals surface area contributed by atoms with Crippen molar-refractivity contribution >= 4 is 24.2 Å². The predicted octanol–water partition coefficient (Wildman–Crippen LogP) is 3.44. The maximum Gasteiger partial charge on any atom is 0.192 e. The molecule has 104 valence electrons. The Morgan fingerprint density at radius 2 is 1.35 bits per heavy atom. The first-order valence-electron chi connectivity index (χ1n) is 6.16. The van der Waals surface area contributed by atoms with Gasteiger partial charge < -0.3 is 13.9 Å². The molecule has 3 nitrogen and oxygen atoms in total. The minimum absolute atomic E-state index is 0.270. The number of hydrogen-bond donors (Lipinski definition) is 0. The lowest BCUT2D eigenvalue weighted by Crippen LogP contribution is -2.41. The smallest absolute Gasteiger partial charge is 0.192 e. The summed E-state index contributed by atoms with van der Waals surface area (Å²) in [5.41, 5.74) is 0. The second-order valence-corrected chi connectivity index (χ2v) is 11.1. The molecule has 0 saturated heterocycles. The summed E-state index contributed by atoms with van der Waals surface area (Å²) >= 11 is 3.30. The first-order valence-corrected chi connectivity index (χ1v) is 10.2. The van der Waals surface area contributed by atoms with Crippen LogP contribution in [0.1, 0.15) is 20.8 Å². The largest absolute Gasteiger partial charge is 0.414 e. The lowest BCUT2D eigenvalue weighted by molar-refractivity contribution is 0.0396. The van der Waals surface area contributed by atoms with Gasteiger partial charge in [0, 0.05) is 5.33 Å². The van der Waals surface area contributed by atoms with Crippen molar-refractivity contribution in [3.8, 4) is 0 Å². The zero-order chi connectivity index (χ0) is 13.4. The highest BCUT2D eigenvalue weighted by molar-refractivity contribution is 9.09. The van der Waals surface area contributed by atoms with Crippen LogP contribution in [0, 0.1) is 0 Å². The van der Waals surface area contributed by atoms with Crippen LogP contribution in [0.15, 0.2) is 0 Å². The predicted molar refractivity (Wildman–Crippen MR) is 78.6 cm³/mol. The first-order chi connectivity index (χ1) is 7.81. The number of alkyl halides is 1. The van der Waals surface area contributed by atoms with Crippen molar-refractivity contribution in [2.75, 3.05) is 38.4 Å². The van der Waals surface area contributed by atoms with Crippen molar-refractivity contribution in [3.63, 3.8) is 0 Å². The van der Waals surface area contributed by atoms with Gasteiger partial charge in [0.2, 0.25) is 0 Å². The van der Waals surface area contributed by atoms with E-state index in [9.17, 15) is 0 Å². The average molecular weight is 327 g/mol. The van der Waals surface area contributed by atoms with Crippen molar-refractivity contribution in [2.45, 2.75) is 38.9 Å². The fraction of sp³-hybridized carbons (Fsp3) is 1.00. The fourth-order valence-electron chi connectivity index (χ4n) is 0.949. The Hall–Kier alpha value is 0.577. The third kappa shape index (κ3) is 8.32. The summed E-state index contributed by atoms with van der Waals surface area (Å²) in [6, 6.07) is 0. The summed E-state index contributed by atoms with van der Waals surface area (Å²) in [4.78, 5) is 0. The van der Waals surface area contributed by atoms with Crippen LogP contribution in [-0.4, -0.2) is 46.7 Å². The molecule has 0 aromatic heterocycles. The number of hydrogen-bond acceptors (Lipinski definition) is 3. The van der Waals surface area contributed by atoms with Gasteiger partial charge >= 0.3 is 0 Å². The molecule has 0 aliphatic rings. The Labute approximate surface area is 115 Å². The zero-order valence-electron chi connectivity index (χ0n) is 11.8. The van der Waals surface area contributed by atoms with Crippen molar-refractivity contribution in [3.05, 3.63) is 0 Å². The van der Waals surface area contributed by atoms with Crippen LogP contribution in [-0.2, 0) is 13.9 Å². The highest BCUT2D eigenvalue weighted by Gasteiger charge is 2.36. The highest BCUT2D eigenvalue weighted by Crippen LogP contribution is 2.36. The molecule has 0 atom stereocenters. The summed E-state index contributed by atoms with van der Waals surface area (Å²) in [5, 5.41) is 1.15. The summed E-state index contributed by atoms with van der Waals surface area (Å²) in [7, 11) is -1.60. The van der Waals surface area contributed by atoms with Crippen molar-refractivity contribution in [1.82, 2.24) is 0 Å². The normalized spacial score (nSPS) is 13.1. The molecule has 0 aliphatic heterocycles. The molecule has 0 rings (SSSR count). The van der Waals surface area contributed by atoms with Gasteiger partial charge in [0.15, 0.2) is 8.32 Å². The van der Waals surface area contributed by atoms with E-state index in [2.05, 4.69) is 49.8 Å². The van der Waals surface area contributed by atoms with E-state index in [-0.39, 0.29) is 5.04 Å². The van der Waals surface area contributed by atoms with Gasteiger partial charge in [0.25, 0.3) is 0 Å². The van der Waals surface area contributed by atoms with Crippen molar-refractivity contribution in [1.29, 1.82) is 0 Å². The average Bonchev–Trinajstić information content (AvgIpc) is 2.20. The highest BCUT2D eigenvalue weighted by atomic mass is 79.9. The monoisotopic (exact) mass is 326 g/mol. The van der Waals surface area contributed by atoms with Gasteiger partial charge in [0.05, 0.1) is 33.0 Å². The second-order valence-electron chi connectivity index (χ2n) is 5.52. The molecule has 0 saturated carbocycles. The van der Waals surface area contributed by atoms with Crippen LogP contribution in [0.5, 0.6) is 0 Å². The lowest BCUT2D eigenvalue weighted by Gasteiger charge is -2.36. The van der Waals surface area contributed by atoms with Gasteiger partial charge in [-0.25, -0.2) is 0 Å². The van der Waals surface area contributed by atoms with Crippen LogP contribution in [0.25, 0.3) is 0 Å². The Bertz CT molecular complexity index is 193. The summed E-state index contributed by atoms with van der Waals surface area (Å²) in [5.74, 6) is 0. The SMILES string of the molecule is CC(C)(C)[Si](C)(C)OCCOCCOCCBr. The van der Waals surface area contributed by atoms with Gasteiger partial charge in [0.1, 0.15) is 0 Å². The molecule has 0 bridgehead atoms. The molecule has 0 amide bonds. The Balaban J connectivity index is 3.46. The quantitative estimate of drug-likeness (QED) is 0.369. The summed E-state index contributed by atoms with van der Waals surface area (Å²) < 4.78 is 16.7. The van der Waals surface area contributed by atoms with E-state index < -0.39 is 8.32 Å². The van der Waals surface area contributed by atoms with Crippen LogP contribution in [0.2, 0.25) is 18.1 Å². The topological polar surface area (TPSA) is 27.7 Å². The molecule has 0 radical (unpaired) electrons. The third-order valence-corrected chi connectivity index (χ3v) is 7.95. The second kappa shape index (κ2) is 8.64. The van der Waals surface area contributed by atoms with Crippen molar-refractivity contribution < 1.29 is 13.9 Å². The summed E-state index contributed by atoms with van der Waals surface area (Å²) in [6.07, 6.45) is 0. The maximum atomic E-state index is 5.99. The standard InChI is InChI=1S/C12H27BrO3Si/c1-12(2,3)17(4,5)16-11-10-15-9-8-14-7-6-13/h6-11H2,1-5H3. The molecule has 0 aliphatic carbocycles. The van der Waals surface area contributed by atoms with Gasteiger partial charge in [-0.2, -0.15) is 0 Å². The molecule has 0 aromatic carbocycles. The molecular weight excluding hydrogens is 300 g/mol. The number of rotatable bonds is 9. The third-order valence-electron chi connectivity index (χ3n) is 3.09. The lowest BCUT2D eigenvalue weighted by atomic mass is 10.2. The minimum Gasteiger partial charge on any atom is -0.414 e. The van der Waals surface area contributed by atoms with E-state index in [1.54, 1.807) is 0 Å². The van der Waals surface area contributed by atoms with Gasteiger partial charge in [-0.3, -0.25) is 0 Å². The van der Waals surface area contributed by atoms with Crippen LogP contribution < -0.4 is 0 Å². The van der Waals surface area contributed by atoms with E-state index in [4.69, 9.17) is 13.9 Å². The van der Waals surface area contributed by atoms with E-state index in [0.717, 1.165) is 11.9 Å². The molecule has 17 heavy (non-hydrogen) atoms. The first kappa shape index (κ1) is 17.6. The molecule has 0 unspecified atom stereocenters. The van der Waals surface area contributed by atoms with Gasteiger partial charge in [-0.1, -0.05) is 36.7 Å². The van der Waals surface area contributed by atoms with Crippen LogP contribution >= 0.6 is 15.9 Å². The van der Waals surface area contributed by atoms with Crippen LogP contribution in [0.4, 0.5) is 0 Å². The Morgan fingerprint density at radius 3 is 1.82 bits per heavy atom. The van der Waals surface area contributed by atoms with Gasteiger partial charge in [-0.15, -0.1) is 0 Å². The number of ether oxygens (including phenoxy) is 2. The van der Waals surface area contributed by atoms with Crippen molar-refractivity contribution in [2.24, 2.45) is 0 Å². The molecular formula is C12H27BrO3Si. The number of halogens is 1. The maximum absolute atomic E-state index is 5.99. The Morgan fingerprint density at radius 1 is 0.882 bits per heavy atom. The molecule has 0 spiro atoms. The van der Waals surface area contributed by atoms with Gasteiger partial charge in [-0.05, 0) is 18.1 Å². The summed E-state index contributed by atoms with van der Waals surface area (Å²) in [6.45, 7) is 14.6. The van der Waals surface area contributed by atoms with E-state index in [1.165, 1.54) is 0 Å². The Kier molecular flexibility index (Phi) is 8.93. The van der Waals surface area contributed by atoms with E-state index in [1.807, 2.05) is 0 Å². The molecule has 0 heterocycles. The van der Waals surface area contributed by atoms with Crippen LogP contribution in [0.3, 0.4) is 0 Å². The molecule has 0 aromatic rings. The van der Waals surface area contributed by atoms with E-state index in [0.29, 0.717) is 26.4 Å². The molecule has 5 heteroatoms.